The Bertz CT molecular complexity index is 539. The van der Waals surface area contributed by atoms with Crippen LogP contribution in [0.4, 0.5) is 0 Å². The first-order valence-electron chi connectivity index (χ1n) is 10.1. The molecule has 26 heavy (non-hydrogen) atoms. The Morgan fingerprint density at radius 1 is 0.885 bits per heavy atom. The van der Waals surface area contributed by atoms with E-state index in [1.54, 1.807) is 24.3 Å². The third kappa shape index (κ3) is 9.02. The fourth-order valence-corrected chi connectivity index (χ4v) is 2.72. The van der Waals surface area contributed by atoms with Gasteiger partial charge in [-0.25, -0.2) is 9.59 Å². The van der Waals surface area contributed by atoms with E-state index >= 15 is 0 Å². The monoisotopic (exact) mass is 362 g/mol. The first-order chi connectivity index (χ1) is 12.6. The molecular weight excluding hydrogens is 328 g/mol. The highest BCUT2D eigenvalue weighted by molar-refractivity contribution is 5.95. The lowest BCUT2D eigenvalue weighted by Crippen LogP contribution is -2.16. The van der Waals surface area contributed by atoms with Crippen molar-refractivity contribution in [1.82, 2.24) is 0 Å². The maximum atomic E-state index is 12.3. The molecule has 0 N–H and O–H groups in total. The number of ether oxygens (including phenoxy) is 2. The van der Waals surface area contributed by atoms with Gasteiger partial charge in [0.25, 0.3) is 0 Å². The number of esters is 2. The van der Waals surface area contributed by atoms with E-state index in [1.807, 2.05) is 6.92 Å². The average Bonchev–Trinajstić information content (AvgIpc) is 2.65. The molecule has 1 atom stereocenters. The standard InChI is InChI=1S/C22H34O4/c1-4-6-8-10-13-18(3)26-22(24)20-15-12-14-19(17-20)21(23)25-16-11-9-7-5-2/h12,14-15,17-18H,4-11,13,16H2,1-3H3. The summed E-state index contributed by atoms with van der Waals surface area (Å²) in [6.45, 7) is 6.65. The van der Waals surface area contributed by atoms with Crippen LogP contribution in [0.5, 0.6) is 0 Å². The quantitative estimate of drug-likeness (QED) is 0.322. The Kier molecular flexibility index (Phi) is 11.4. The SMILES string of the molecule is CCCCCCOC(=O)c1cccc(C(=O)OC(C)CCCCCC)c1. The smallest absolute Gasteiger partial charge is 0.338 e. The van der Waals surface area contributed by atoms with E-state index < -0.39 is 0 Å². The van der Waals surface area contributed by atoms with Crippen molar-refractivity contribution in [2.75, 3.05) is 6.61 Å². The molecular formula is C22H34O4. The molecule has 4 nitrogen and oxygen atoms in total. The van der Waals surface area contributed by atoms with Crippen molar-refractivity contribution >= 4 is 11.9 Å². The number of hydrogen-bond acceptors (Lipinski definition) is 4. The van der Waals surface area contributed by atoms with E-state index in [9.17, 15) is 9.59 Å². The molecule has 1 aromatic rings. The van der Waals surface area contributed by atoms with Crippen LogP contribution in [0, 0.1) is 0 Å². The molecule has 146 valence electrons. The van der Waals surface area contributed by atoms with Crippen molar-refractivity contribution in [3.63, 3.8) is 0 Å². The molecule has 0 aliphatic carbocycles. The molecule has 0 amide bonds. The summed E-state index contributed by atoms with van der Waals surface area (Å²) in [5, 5.41) is 0. The maximum Gasteiger partial charge on any atom is 0.338 e. The maximum absolute atomic E-state index is 12.3. The molecule has 0 bridgehead atoms. The van der Waals surface area contributed by atoms with Crippen molar-refractivity contribution in [2.24, 2.45) is 0 Å². The lowest BCUT2D eigenvalue weighted by atomic mass is 10.1. The van der Waals surface area contributed by atoms with E-state index in [2.05, 4.69) is 13.8 Å². The second kappa shape index (κ2) is 13.4. The zero-order chi connectivity index (χ0) is 19.2. The second-order valence-corrected chi connectivity index (χ2v) is 6.84. The highest BCUT2D eigenvalue weighted by Crippen LogP contribution is 2.13. The molecule has 0 spiro atoms. The van der Waals surface area contributed by atoms with Gasteiger partial charge in [-0.3, -0.25) is 0 Å². The summed E-state index contributed by atoms with van der Waals surface area (Å²) in [6.07, 6.45) is 9.61. The van der Waals surface area contributed by atoms with Crippen LogP contribution in [0.3, 0.4) is 0 Å². The van der Waals surface area contributed by atoms with Gasteiger partial charge >= 0.3 is 11.9 Å². The van der Waals surface area contributed by atoms with Gasteiger partial charge in [0.15, 0.2) is 0 Å². The van der Waals surface area contributed by atoms with Crippen LogP contribution >= 0.6 is 0 Å². The van der Waals surface area contributed by atoms with Crippen molar-refractivity contribution < 1.29 is 19.1 Å². The van der Waals surface area contributed by atoms with Gasteiger partial charge in [0.2, 0.25) is 0 Å². The fraction of sp³-hybridized carbons (Fsp3) is 0.636. The largest absolute Gasteiger partial charge is 0.462 e. The summed E-state index contributed by atoms with van der Waals surface area (Å²) in [7, 11) is 0. The Morgan fingerprint density at radius 2 is 1.50 bits per heavy atom. The van der Waals surface area contributed by atoms with Gasteiger partial charge in [0.05, 0.1) is 23.8 Å². The first-order valence-corrected chi connectivity index (χ1v) is 10.1. The van der Waals surface area contributed by atoms with Gasteiger partial charge in [-0.1, -0.05) is 58.4 Å². The Hall–Kier alpha value is -1.84. The topological polar surface area (TPSA) is 52.6 Å². The van der Waals surface area contributed by atoms with Gasteiger partial charge in [0, 0.05) is 0 Å². The van der Waals surface area contributed by atoms with E-state index in [0.29, 0.717) is 17.7 Å². The normalized spacial score (nSPS) is 11.8. The van der Waals surface area contributed by atoms with Crippen LogP contribution in [0.1, 0.15) is 99.3 Å². The highest BCUT2D eigenvalue weighted by atomic mass is 16.5. The molecule has 0 heterocycles. The molecule has 0 aromatic heterocycles. The van der Waals surface area contributed by atoms with Crippen molar-refractivity contribution in [1.29, 1.82) is 0 Å². The lowest BCUT2D eigenvalue weighted by molar-refractivity contribution is 0.0319. The molecule has 0 saturated carbocycles. The summed E-state index contributed by atoms with van der Waals surface area (Å²) >= 11 is 0. The van der Waals surface area contributed by atoms with Crippen LogP contribution in [-0.2, 0) is 9.47 Å². The first kappa shape index (κ1) is 22.2. The fourth-order valence-electron chi connectivity index (χ4n) is 2.72. The summed E-state index contributed by atoms with van der Waals surface area (Å²) in [5.41, 5.74) is 0.788. The predicted octanol–water partition coefficient (Wildman–Crippen LogP) is 5.94. The third-order valence-corrected chi connectivity index (χ3v) is 4.34. The second-order valence-electron chi connectivity index (χ2n) is 6.84. The lowest BCUT2D eigenvalue weighted by Gasteiger charge is -2.13. The van der Waals surface area contributed by atoms with E-state index in [4.69, 9.17) is 9.47 Å². The molecule has 1 aromatic carbocycles. The van der Waals surface area contributed by atoms with Gasteiger partial charge in [-0.15, -0.1) is 0 Å². The minimum Gasteiger partial charge on any atom is -0.462 e. The summed E-state index contributed by atoms with van der Waals surface area (Å²) in [4.78, 5) is 24.4. The molecule has 0 radical (unpaired) electrons. The molecule has 0 aliphatic heterocycles. The number of carbonyl (C=O) groups is 2. The Labute approximate surface area is 158 Å². The zero-order valence-electron chi connectivity index (χ0n) is 16.6. The molecule has 0 fully saturated rings. The van der Waals surface area contributed by atoms with Crippen LogP contribution in [0.15, 0.2) is 24.3 Å². The third-order valence-electron chi connectivity index (χ3n) is 4.34. The van der Waals surface area contributed by atoms with Gasteiger partial charge < -0.3 is 9.47 Å². The average molecular weight is 363 g/mol. The Balaban J connectivity index is 2.46. The van der Waals surface area contributed by atoms with Crippen molar-refractivity contribution in [3.8, 4) is 0 Å². The molecule has 1 rings (SSSR count). The minimum atomic E-state index is -0.385. The molecule has 1 unspecified atom stereocenters. The molecule has 4 heteroatoms. The zero-order valence-corrected chi connectivity index (χ0v) is 16.6. The number of benzene rings is 1. The van der Waals surface area contributed by atoms with Crippen LogP contribution in [0.25, 0.3) is 0 Å². The van der Waals surface area contributed by atoms with Crippen LogP contribution in [0.2, 0.25) is 0 Å². The predicted molar refractivity (Wildman–Crippen MR) is 105 cm³/mol. The summed E-state index contributed by atoms with van der Waals surface area (Å²) in [6, 6.07) is 6.58. The van der Waals surface area contributed by atoms with E-state index in [-0.39, 0.29) is 18.0 Å². The summed E-state index contributed by atoms with van der Waals surface area (Å²) in [5.74, 6) is -0.769. The Morgan fingerprint density at radius 3 is 2.15 bits per heavy atom. The molecule has 0 aliphatic rings. The van der Waals surface area contributed by atoms with E-state index in [0.717, 1.165) is 44.9 Å². The number of rotatable bonds is 13. The molecule has 0 saturated heterocycles. The van der Waals surface area contributed by atoms with Crippen molar-refractivity contribution in [2.45, 2.75) is 84.7 Å². The van der Waals surface area contributed by atoms with Crippen molar-refractivity contribution in [3.05, 3.63) is 35.4 Å². The van der Waals surface area contributed by atoms with E-state index in [1.165, 1.54) is 12.8 Å². The number of carbonyl (C=O) groups excluding carboxylic acids is 2. The van der Waals surface area contributed by atoms with Gasteiger partial charge in [-0.2, -0.15) is 0 Å². The van der Waals surface area contributed by atoms with Crippen LogP contribution < -0.4 is 0 Å². The summed E-state index contributed by atoms with van der Waals surface area (Å²) < 4.78 is 10.8. The van der Waals surface area contributed by atoms with Gasteiger partial charge in [0.1, 0.15) is 0 Å². The highest BCUT2D eigenvalue weighted by Gasteiger charge is 2.15. The van der Waals surface area contributed by atoms with Gasteiger partial charge in [-0.05, 0) is 44.4 Å². The van der Waals surface area contributed by atoms with Crippen LogP contribution in [-0.4, -0.2) is 24.6 Å². The number of hydrogen-bond donors (Lipinski definition) is 0. The minimum absolute atomic E-state index is 0.117. The number of unbranched alkanes of at least 4 members (excludes halogenated alkanes) is 6.